The normalized spacial score (nSPS) is 11.5. The molecule has 0 aliphatic rings. The van der Waals surface area contributed by atoms with Gasteiger partial charge in [0.2, 0.25) is 0 Å². The Morgan fingerprint density at radius 3 is 2.19 bits per heavy atom. The number of hydrogen-bond acceptors (Lipinski definition) is 2. The van der Waals surface area contributed by atoms with Gasteiger partial charge in [-0.25, -0.2) is 0 Å². The Bertz CT molecular complexity index is 827. The van der Waals surface area contributed by atoms with E-state index < -0.39 is 7.60 Å². The molecule has 3 aromatic rings. The Kier molecular flexibility index (Phi) is 3.52. The highest BCUT2D eigenvalue weighted by Crippen LogP contribution is 2.40. The van der Waals surface area contributed by atoms with Crippen molar-refractivity contribution in [2.45, 2.75) is 0 Å². The molecular weight excluding hydrogens is 285 g/mol. The van der Waals surface area contributed by atoms with Crippen molar-refractivity contribution in [1.82, 2.24) is 0 Å². The molecule has 0 saturated carbocycles. The van der Waals surface area contributed by atoms with Crippen LogP contribution in [0.4, 0.5) is 11.4 Å². The van der Waals surface area contributed by atoms with Gasteiger partial charge in [-0.2, -0.15) is 0 Å². The molecule has 3 aromatic carbocycles. The van der Waals surface area contributed by atoms with Crippen LogP contribution in [0.1, 0.15) is 0 Å². The van der Waals surface area contributed by atoms with Gasteiger partial charge in [0.05, 0.1) is 11.0 Å². The molecule has 3 N–H and O–H groups in total. The molecule has 3 rings (SSSR count). The first kappa shape index (κ1) is 13.8. The standard InChI is InChI=1S/C16H14NO3P/c18-21(19,20)16-14-9-5-4-6-12(14)10-11-15(16)17-13-7-2-1-3-8-13/h1-11,17H,(H2,18,19,20). The minimum atomic E-state index is -4.40. The topological polar surface area (TPSA) is 69.6 Å². The quantitative estimate of drug-likeness (QED) is 0.648. The molecule has 0 amide bonds. The Morgan fingerprint density at radius 2 is 1.48 bits per heavy atom. The molecule has 0 heterocycles. The maximum atomic E-state index is 11.9. The highest BCUT2D eigenvalue weighted by atomic mass is 31.2. The van der Waals surface area contributed by atoms with E-state index in [1.54, 1.807) is 18.2 Å². The molecule has 5 heteroatoms. The zero-order chi connectivity index (χ0) is 14.9. The number of anilines is 2. The number of fused-ring (bicyclic) bond motifs is 1. The van der Waals surface area contributed by atoms with Crippen LogP contribution in [0.2, 0.25) is 0 Å². The summed E-state index contributed by atoms with van der Waals surface area (Å²) in [6.07, 6.45) is 0. The average Bonchev–Trinajstić information content (AvgIpc) is 2.47. The van der Waals surface area contributed by atoms with Crippen LogP contribution >= 0.6 is 7.60 Å². The van der Waals surface area contributed by atoms with Gasteiger partial charge in [0, 0.05) is 5.69 Å². The largest absolute Gasteiger partial charge is 0.358 e. The molecule has 21 heavy (non-hydrogen) atoms. The molecule has 0 radical (unpaired) electrons. The van der Waals surface area contributed by atoms with E-state index in [-0.39, 0.29) is 5.30 Å². The third-order valence-corrected chi connectivity index (χ3v) is 4.31. The molecule has 0 saturated heterocycles. The number of hydrogen-bond donors (Lipinski definition) is 3. The third kappa shape index (κ3) is 2.83. The Hall–Kier alpha value is -2.13. The van der Waals surface area contributed by atoms with Crippen molar-refractivity contribution in [3.8, 4) is 0 Å². The highest BCUT2D eigenvalue weighted by Gasteiger charge is 2.24. The summed E-state index contributed by atoms with van der Waals surface area (Å²) in [6, 6.07) is 20.0. The summed E-state index contributed by atoms with van der Waals surface area (Å²) in [6.45, 7) is 0. The Balaban J connectivity index is 2.21. The molecule has 0 fully saturated rings. The maximum absolute atomic E-state index is 11.9. The summed E-state index contributed by atoms with van der Waals surface area (Å²) in [5, 5.41) is 4.47. The summed E-state index contributed by atoms with van der Waals surface area (Å²) in [5.41, 5.74) is 1.20. The van der Waals surface area contributed by atoms with E-state index in [4.69, 9.17) is 0 Å². The SMILES string of the molecule is O=P(O)(O)c1c(Nc2ccccc2)ccc2ccccc12. The first-order valence-corrected chi connectivity index (χ1v) is 8.07. The predicted molar refractivity (Wildman–Crippen MR) is 85.4 cm³/mol. The van der Waals surface area contributed by atoms with Gasteiger partial charge in [-0.3, -0.25) is 4.57 Å². The second-order valence-corrected chi connectivity index (χ2v) is 6.25. The van der Waals surface area contributed by atoms with Gasteiger partial charge >= 0.3 is 7.60 Å². The second kappa shape index (κ2) is 5.34. The van der Waals surface area contributed by atoms with Gasteiger partial charge in [-0.15, -0.1) is 0 Å². The van der Waals surface area contributed by atoms with Crippen molar-refractivity contribution in [2.75, 3.05) is 5.32 Å². The van der Waals surface area contributed by atoms with Gasteiger partial charge in [0.15, 0.2) is 0 Å². The molecule has 0 aromatic heterocycles. The molecule has 0 unspecified atom stereocenters. The summed E-state index contributed by atoms with van der Waals surface area (Å²) >= 11 is 0. The fourth-order valence-corrected chi connectivity index (χ4v) is 3.31. The zero-order valence-electron chi connectivity index (χ0n) is 11.1. The molecule has 4 nitrogen and oxygen atoms in total. The minimum Gasteiger partial charge on any atom is -0.355 e. The molecular formula is C16H14NO3P. The van der Waals surface area contributed by atoms with Crippen LogP contribution in [-0.4, -0.2) is 9.79 Å². The second-order valence-electron chi connectivity index (χ2n) is 4.72. The van der Waals surface area contributed by atoms with E-state index in [9.17, 15) is 14.4 Å². The fourth-order valence-electron chi connectivity index (χ4n) is 2.35. The van der Waals surface area contributed by atoms with Gasteiger partial charge in [0.1, 0.15) is 0 Å². The lowest BCUT2D eigenvalue weighted by Gasteiger charge is -2.15. The lowest BCUT2D eigenvalue weighted by Crippen LogP contribution is -2.11. The van der Waals surface area contributed by atoms with Crippen molar-refractivity contribution in [2.24, 2.45) is 0 Å². The van der Waals surface area contributed by atoms with E-state index in [1.165, 1.54) is 0 Å². The molecule has 106 valence electrons. The summed E-state index contributed by atoms with van der Waals surface area (Å²) in [4.78, 5) is 19.4. The third-order valence-electron chi connectivity index (χ3n) is 3.24. The average molecular weight is 299 g/mol. The van der Waals surface area contributed by atoms with Crippen LogP contribution in [0.25, 0.3) is 10.8 Å². The van der Waals surface area contributed by atoms with Crippen LogP contribution in [0.5, 0.6) is 0 Å². The molecule has 0 aliphatic heterocycles. The summed E-state index contributed by atoms with van der Waals surface area (Å²) in [7, 11) is -4.40. The van der Waals surface area contributed by atoms with Crippen molar-refractivity contribution in [1.29, 1.82) is 0 Å². The monoisotopic (exact) mass is 299 g/mol. The molecule has 0 bridgehead atoms. The number of benzene rings is 3. The van der Waals surface area contributed by atoms with E-state index >= 15 is 0 Å². The van der Waals surface area contributed by atoms with Crippen LogP contribution in [0.3, 0.4) is 0 Å². The Morgan fingerprint density at radius 1 is 0.810 bits per heavy atom. The van der Waals surface area contributed by atoms with E-state index in [0.29, 0.717) is 11.1 Å². The number of para-hydroxylation sites is 1. The van der Waals surface area contributed by atoms with Crippen LogP contribution in [0.15, 0.2) is 66.7 Å². The van der Waals surface area contributed by atoms with Crippen molar-refractivity contribution < 1.29 is 14.4 Å². The van der Waals surface area contributed by atoms with Gasteiger partial charge in [-0.1, -0.05) is 48.5 Å². The van der Waals surface area contributed by atoms with Crippen LogP contribution < -0.4 is 10.6 Å². The first-order valence-electron chi connectivity index (χ1n) is 6.45. The van der Waals surface area contributed by atoms with Crippen molar-refractivity contribution >= 4 is 35.0 Å². The van der Waals surface area contributed by atoms with E-state index in [0.717, 1.165) is 11.1 Å². The van der Waals surface area contributed by atoms with Crippen LogP contribution in [0, 0.1) is 0 Å². The van der Waals surface area contributed by atoms with Crippen molar-refractivity contribution in [3.63, 3.8) is 0 Å². The van der Waals surface area contributed by atoms with Gasteiger partial charge < -0.3 is 15.1 Å². The lowest BCUT2D eigenvalue weighted by atomic mass is 10.1. The number of nitrogens with one attached hydrogen (secondary N) is 1. The lowest BCUT2D eigenvalue weighted by molar-refractivity contribution is 0.388. The van der Waals surface area contributed by atoms with E-state index in [1.807, 2.05) is 48.5 Å². The first-order chi connectivity index (χ1) is 10.1. The van der Waals surface area contributed by atoms with Gasteiger partial charge in [-0.05, 0) is 29.0 Å². The van der Waals surface area contributed by atoms with Gasteiger partial charge in [0.25, 0.3) is 0 Å². The maximum Gasteiger partial charge on any atom is 0.358 e. The fraction of sp³-hybridized carbons (Fsp3) is 0. The summed E-state index contributed by atoms with van der Waals surface area (Å²) < 4.78 is 11.9. The highest BCUT2D eigenvalue weighted by molar-refractivity contribution is 7.61. The molecule has 0 atom stereocenters. The van der Waals surface area contributed by atoms with E-state index in [2.05, 4.69) is 5.32 Å². The smallest absolute Gasteiger partial charge is 0.355 e. The predicted octanol–water partition coefficient (Wildman–Crippen LogP) is 3.39. The molecule has 0 aliphatic carbocycles. The minimum absolute atomic E-state index is 0.0319. The van der Waals surface area contributed by atoms with Crippen molar-refractivity contribution in [3.05, 3.63) is 66.7 Å². The van der Waals surface area contributed by atoms with Crippen LogP contribution in [-0.2, 0) is 4.57 Å². The summed E-state index contributed by atoms with van der Waals surface area (Å²) in [5.74, 6) is 0. The molecule has 0 spiro atoms. The number of rotatable bonds is 3. The zero-order valence-corrected chi connectivity index (χ0v) is 12.0. The Labute approximate surface area is 122 Å².